The lowest BCUT2D eigenvalue weighted by molar-refractivity contribution is -0.161. The Kier molecular flexibility index (Phi) is 41.0. The predicted molar refractivity (Wildman–Crippen MR) is 230 cm³/mol. The molecular formula is C46H87O8P. The normalized spacial score (nSPS) is 12.6. The maximum absolute atomic E-state index is 12.4. The summed E-state index contributed by atoms with van der Waals surface area (Å²) in [7, 11) is -4.76. The zero-order chi connectivity index (χ0) is 40.3. The zero-order valence-electron chi connectivity index (χ0n) is 35.8. The van der Waals surface area contributed by atoms with Crippen molar-refractivity contribution in [3.05, 3.63) is 24.3 Å². The van der Waals surface area contributed by atoms with E-state index in [1.807, 2.05) is 0 Å². The van der Waals surface area contributed by atoms with Crippen molar-refractivity contribution in [2.75, 3.05) is 13.2 Å². The molecule has 0 unspecified atom stereocenters. The summed E-state index contributed by atoms with van der Waals surface area (Å²) in [5.41, 5.74) is 0. The van der Waals surface area contributed by atoms with Gasteiger partial charge in [0.25, 0.3) is 0 Å². The van der Waals surface area contributed by atoms with Crippen molar-refractivity contribution in [1.29, 1.82) is 0 Å². The first-order valence-electron chi connectivity index (χ1n) is 23.1. The number of ether oxygens (including phenoxy) is 2. The third kappa shape index (κ3) is 45.1. The molecule has 0 spiro atoms. The van der Waals surface area contributed by atoms with Crippen molar-refractivity contribution in [2.24, 2.45) is 0 Å². The van der Waals surface area contributed by atoms with Gasteiger partial charge in [-0.1, -0.05) is 205 Å². The fourth-order valence-electron chi connectivity index (χ4n) is 6.75. The number of hydrogen-bond donors (Lipinski definition) is 2. The molecule has 324 valence electrons. The number of phosphoric acid groups is 1. The molecule has 0 fully saturated rings. The molecular weight excluding hydrogens is 711 g/mol. The summed E-state index contributed by atoms with van der Waals surface area (Å²) < 4.78 is 26.4. The highest BCUT2D eigenvalue weighted by atomic mass is 31.2. The summed E-state index contributed by atoms with van der Waals surface area (Å²) in [4.78, 5) is 42.9. The Hall–Kier alpha value is -1.47. The molecule has 0 saturated heterocycles. The van der Waals surface area contributed by atoms with Crippen molar-refractivity contribution >= 4 is 19.8 Å². The van der Waals surface area contributed by atoms with Gasteiger partial charge in [0, 0.05) is 12.8 Å². The minimum Gasteiger partial charge on any atom is -0.462 e. The van der Waals surface area contributed by atoms with Crippen molar-refractivity contribution < 1.29 is 37.9 Å². The molecule has 0 aromatic rings. The van der Waals surface area contributed by atoms with E-state index < -0.39 is 32.5 Å². The molecule has 0 radical (unpaired) electrons. The van der Waals surface area contributed by atoms with E-state index in [0.717, 1.165) is 44.9 Å². The largest absolute Gasteiger partial charge is 0.469 e. The maximum Gasteiger partial charge on any atom is 0.469 e. The van der Waals surface area contributed by atoms with Crippen LogP contribution in [-0.4, -0.2) is 41.0 Å². The highest BCUT2D eigenvalue weighted by molar-refractivity contribution is 7.46. The number of carbonyl (C=O) groups is 2. The van der Waals surface area contributed by atoms with Crippen molar-refractivity contribution in [1.82, 2.24) is 0 Å². The average molecular weight is 799 g/mol. The van der Waals surface area contributed by atoms with Crippen LogP contribution in [0, 0.1) is 0 Å². The van der Waals surface area contributed by atoms with Gasteiger partial charge in [0.15, 0.2) is 6.10 Å². The van der Waals surface area contributed by atoms with E-state index in [1.54, 1.807) is 0 Å². The molecule has 8 nitrogen and oxygen atoms in total. The standard InChI is InChI=1S/C46H87O8P/c1-3-5-7-9-11-13-15-17-19-20-21-22-23-24-25-26-27-29-31-33-35-37-39-41-46(48)54-44(43-53-55(49,50)51)42-52-45(47)40-38-36-34-32-30-28-18-16-14-12-10-8-6-4-2/h26-27,33,35,44H,3-25,28-32,34,36-43H2,1-2H3,(H2,49,50,51)/b27-26+,35-33+/t44-/m1/s1. The topological polar surface area (TPSA) is 119 Å². The second-order valence-electron chi connectivity index (χ2n) is 15.7. The lowest BCUT2D eigenvalue weighted by atomic mass is 10.0. The van der Waals surface area contributed by atoms with E-state index >= 15 is 0 Å². The molecule has 1 atom stereocenters. The molecule has 0 aromatic heterocycles. The predicted octanol–water partition coefficient (Wildman–Crippen LogP) is 14.4. The molecule has 9 heteroatoms. The van der Waals surface area contributed by atoms with Crippen LogP contribution < -0.4 is 0 Å². The number of carbonyl (C=O) groups excluding carboxylic acids is 2. The van der Waals surface area contributed by atoms with Crippen LogP contribution in [0.4, 0.5) is 0 Å². The highest BCUT2D eigenvalue weighted by Crippen LogP contribution is 2.36. The van der Waals surface area contributed by atoms with Crippen molar-refractivity contribution in [3.63, 3.8) is 0 Å². The minimum absolute atomic E-state index is 0.156. The number of unbranched alkanes of at least 4 members (excludes halogenated alkanes) is 29. The Morgan fingerprint density at radius 2 is 0.800 bits per heavy atom. The first kappa shape index (κ1) is 53.5. The van der Waals surface area contributed by atoms with Crippen LogP contribution in [0.2, 0.25) is 0 Å². The smallest absolute Gasteiger partial charge is 0.462 e. The fraction of sp³-hybridized carbons (Fsp3) is 0.870. The van der Waals surface area contributed by atoms with Gasteiger partial charge in [-0.15, -0.1) is 0 Å². The molecule has 0 heterocycles. The molecule has 2 N–H and O–H groups in total. The van der Waals surface area contributed by atoms with Crippen LogP contribution in [0.1, 0.15) is 239 Å². The number of hydrogen-bond acceptors (Lipinski definition) is 6. The van der Waals surface area contributed by atoms with E-state index in [4.69, 9.17) is 19.3 Å². The Morgan fingerprint density at radius 1 is 0.455 bits per heavy atom. The van der Waals surface area contributed by atoms with Crippen LogP contribution in [0.5, 0.6) is 0 Å². The van der Waals surface area contributed by atoms with Gasteiger partial charge < -0.3 is 19.3 Å². The summed E-state index contributed by atoms with van der Waals surface area (Å²) in [6.07, 6.45) is 49.2. The van der Waals surface area contributed by atoms with Gasteiger partial charge in [-0.2, -0.15) is 0 Å². The van der Waals surface area contributed by atoms with Crippen LogP contribution >= 0.6 is 7.82 Å². The first-order valence-corrected chi connectivity index (χ1v) is 24.7. The number of phosphoric ester groups is 1. The minimum atomic E-state index is -4.76. The van der Waals surface area contributed by atoms with Gasteiger partial charge in [0.05, 0.1) is 6.61 Å². The first-order chi connectivity index (χ1) is 26.8. The molecule has 0 aliphatic rings. The van der Waals surface area contributed by atoms with Gasteiger partial charge in [-0.3, -0.25) is 14.1 Å². The summed E-state index contributed by atoms with van der Waals surface area (Å²) in [6, 6.07) is 0. The van der Waals surface area contributed by atoms with E-state index in [9.17, 15) is 14.2 Å². The monoisotopic (exact) mass is 799 g/mol. The summed E-state index contributed by atoms with van der Waals surface area (Å²) >= 11 is 0. The Bertz CT molecular complexity index is 946. The molecule has 0 bridgehead atoms. The highest BCUT2D eigenvalue weighted by Gasteiger charge is 2.22. The molecule has 0 amide bonds. The average Bonchev–Trinajstić information content (AvgIpc) is 3.16. The third-order valence-corrected chi connectivity index (χ3v) is 10.7. The van der Waals surface area contributed by atoms with Crippen molar-refractivity contribution in [3.8, 4) is 0 Å². The number of esters is 2. The van der Waals surface area contributed by atoms with E-state index in [2.05, 4.69) is 42.7 Å². The molecule has 0 saturated carbocycles. The second-order valence-corrected chi connectivity index (χ2v) is 17.0. The fourth-order valence-corrected chi connectivity index (χ4v) is 7.11. The lowest BCUT2D eigenvalue weighted by Gasteiger charge is -2.18. The van der Waals surface area contributed by atoms with Gasteiger partial charge in [-0.25, -0.2) is 4.57 Å². The van der Waals surface area contributed by atoms with Crippen LogP contribution in [0.25, 0.3) is 0 Å². The summed E-state index contributed by atoms with van der Waals surface area (Å²) in [6.45, 7) is 3.69. The molecule has 0 rings (SSSR count). The van der Waals surface area contributed by atoms with Crippen LogP contribution in [0.3, 0.4) is 0 Å². The maximum atomic E-state index is 12.4. The lowest BCUT2D eigenvalue weighted by Crippen LogP contribution is -2.29. The quantitative estimate of drug-likeness (QED) is 0.0271. The number of allylic oxidation sites excluding steroid dienone is 4. The van der Waals surface area contributed by atoms with Crippen LogP contribution in [-0.2, 0) is 28.2 Å². The molecule has 0 aliphatic carbocycles. The van der Waals surface area contributed by atoms with Gasteiger partial charge in [0.2, 0.25) is 0 Å². The Balaban J connectivity index is 3.88. The summed E-state index contributed by atoms with van der Waals surface area (Å²) in [5, 5.41) is 0. The third-order valence-electron chi connectivity index (χ3n) is 10.2. The summed E-state index contributed by atoms with van der Waals surface area (Å²) in [5.74, 6) is -0.923. The van der Waals surface area contributed by atoms with E-state index in [1.165, 1.54) is 161 Å². The molecule has 0 aliphatic heterocycles. The van der Waals surface area contributed by atoms with Crippen molar-refractivity contribution in [2.45, 2.75) is 245 Å². The van der Waals surface area contributed by atoms with Crippen LogP contribution in [0.15, 0.2) is 24.3 Å². The second kappa shape index (κ2) is 42.1. The Morgan fingerprint density at radius 3 is 1.22 bits per heavy atom. The molecule has 55 heavy (non-hydrogen) atoms. The van der Waals surface area contributed by atoms with Gasteiger partial charge in [0.1, 0.15) is 6.61 Å². The SMILES string of the molecule is CCCCCCCCCCCCCCCC/C=C/CC/C=C/CCCC(=O)O[C@H](COC(=O)CCCCCCCCCCCCCCCC)COP(=O)(O)O. The Labute approximate surface area is 339 Å². The zero-order valence-corrected chi connectivity index (χ0v) is 36.7. The number of rotatable bonds is 43. The van der Waals surface area contributed by atoms with Gasteiger partial charge in [-0.05, 0) is 44.9 Å². The van der Waals surface area contributed by atoms with E-state index in [0.29, 0.717) is 6.42 Å². The molecule has 0 aromatic carbocycles. The van der Waals surface area contributed by atoms with E-state index in [-0.39, 0.29) is 19.4 Å². The van der Waals surface area contributed by atoms with Gasteiger partial charge >= 0.3 is 19.8 Å².